The Morgan fingerprint density at radius 3 is 2.51 bits per heavy atom. The van der Waals surface area contributed by atoms with E-state index in [4.69, 9.17) is 34.7 Å². The second-order valence-electron chi connectivity index (χ2n) is 12.2. The molecule has 1 atom stereocenters. The van der Waals surface area contributed by atoms with Crippen molar-refractivity contribution in [1.82, 2.24) is 24.7 Å². The van der Waals surface area contributed by atoms with E-state index >= 15 is 0 Å². The number of anilines is 1. The Hall–Kier alpha value is -3.08. The monoisotopic (exact) mass is 600 g/mol. The fourth-order valence-electron chi connectivity index (χ4n) is 5.67. The molecule has 41 heavy (non-hydrogen) atoms. The summed E-state index contributed by atoms with van der Waals surface area (Å²) < 4.78 is 1.94. The van der Waals surface area contributed by atoms with Gasteiger partial charge in [0, 0.05) is 54.5 Å². The van der Waals surface area contributed by atoms with Crippen molar-refractivity contribution < 1.29 is 9.59 Å². The Morgan fingerprint density at radius 1 is 1.17 bits per heavy atom. The van der Waals surface area contributed by atoms with Crippen LogP contribution in [0.1, 0.15) is 73.5 Å². The lowest BCUT2D eigenvalue weighted by Crippen LogP contribution is -2.60. The largest absolute Gasteiger partial charge is 0.398 e. The van der Waals surface area contributed by atoms with Gasteiger partial charge in [-0.25, -0.2) is 4.98 Å². The predicted octanol–water partition coefficient (Wildman–Crippen LogP) is 3.51. The Labute approximate surface area is 250 Å². The van der Waals surface area contributed by atoms with Gasteiger partial charge in [-0.15, -0.1) is 0 Å². The van der Waals surface area contributed by atoms with Gasteiger partial charge in [-0.05, 0) is 48.4 Å². The molecule has 3 aliphatic rings. The average molecular weight is 602 g/mol. The molecule has 0 bridgehead atoms. The van der Waals surface area contributed by atoms with Gasteiger partial charge in [0.25, 0.3) is 5.91 Å². The first-order chi connectivity index (χ1) is 19.4. The minimum absolute atomic E-state index is 0.0242. The molecule has 0 spiro atoms. The lowest BCUT2D eigenvalue weighted by atomic mass is 9.85. The molecule has 1 aromatic carbocycles. The zero-order valence-corrected chi connectivity index (χ0v) is 25.3. The summed E-state index contributed by atoms with van der Waals surface area (Å²) in [5.74, 6) is 0.349. The Kier molecular flexibility index (Phi) is 8.11. The van der Waals surface area contributed by atoms with Crippen LogP contribution in [0.25, 0.3) is 0 Å². The number of carbonyl (C=O) groups excluding carboxylic acids is 2. The lowest BCUT2D eigenvalue weighted by molar-refractivity contribution is -0.130. The number of imidazole rings is 1. The van der Waals surface area contributed by atoms with Crippen LogP contribution in [0.4, 0.5) is 5.69 Å². The van der Waals surface area contributed by atoms with Crippen LogP contribution >= 0.6 is 23.2 Å². The number of nitrogens with zero attached hydrogens (tertiary/aromatic N) is 5. The highest BCUT2D eigenvalue weighted by Gasteiger charge is 2.38. The summed E-state index contributed by atoms with van der Waals surface area (Å²) in [7, 11) is 0. The third kappa shape index (κ3) is 6.10. The Bertz CT molecular complexity index is 1400. The van der Waals surface area contributed by atoms with Crippen molar-refractivity contribution in [2.24, 2.45) is 10.7 Å². The highest BCUT2D eigenvalue weighted by molar-refractivity contribution is 6.32. The minimum atomic E-state index is -0.317. The van der Waals surface area contributed by atoms with Crippen LogP contribution in [0, 0.1) is 0 Å². The average Bonchev–Trinajstić information content (AvgIpc) is 3.52. The molecule has 5 rings (SSSR count). The molecule has 3 heterocycles. The van der Waals surface area contributed by atoms with Gasteiger partial charge in [0.1, 0.15) is 17.4 Å². The van der Waals surface area contributed by atoms with Gasteiger partial charge in [-0.1, -0.05) is 50.6 Å². The summed E-state index contributed by atoms with van der Waals surface area (Å²) >= 11 is 13.1. The molecule has 3 fully saturated rings. The molecule has 0 unspecified atom stereocenters. The van der Waals surface area contributed by atoms with Gasteiger partial charge >= 0.3 is 0 Å². The first-order valence-electron chi connectivity index (χ1n) is 14.0. The summed E-state index contributed by atoms with van der Waals surface area (Å²) in [6.45, 7) is 12.5. The summed E-state index contributed by atoms with van der Waals surface area (Å²) in [4.78, 5) is 38.7. The predicted molar refractivity (Wildman–Crippen MR) is 163 cm³/mol. The fourth-order valence-corrected chi connectivity index (χ4v) is 6.40. The van der Waals surface area contributed by atoms with Crippen molar-refractivity contribution >= 4 is 46.5 Å². The standard InChI is InChI=1S/C29H38Cl2N8O2/c1-5-24(40)38-13-16(14-38)35-28(41)25-26(31)36-23(39(25)18-8-9-37(15-18)17-6-7-17)12-34-27(33)19-10-20(29(2,3)4)21(30)11-22(19)32/h5,10-11,16-18H,1,6-9,12-15,32H2,2-4H3,(H2,33,34)(H,35,41)/t18-/m1/s1. The van der Waals surface area contributed by atoms with Crippen molar-refractivity contribution in [2.45, 2.75) is 70.1 Å². The number of hydrogen-bond acceptors (Lipinski definition) is 6. The third-order valence-electron chi connectivity index (χ3n) is 8.10. The number of aromatic nitrogens is 2. The first-order valence-corrected chi connectivity index (χ1v) is 14.8. The van der Waals surface area contributed by atoms with Gasteiger partial charge in [-0.3, -0.25) is 19.5 Å². The molecule has 2 saturated heterocycles. The SMILES string of the molecule is C=CC(=O)N1CC(NC(=O)c2c(Cl)nc(CN=C(N)c3cc(C(C)(C)C)c(Cl)cc3N)n2[C@@H]2CCN(C3CC3)C2)C1. The highest BCUT2D eigenvalue weighted by Crippen LogP contribution is 2.36. The number of nitrogen functional groups attached to an aromatic ring is 1. The summed E-state index contributed by atoms with van der Waals surface area (Å²) in [6, 6.07) is 4.06. The Balaban J connectivity index is 1.42. The van der Waals surface area contributed by atoms with E-state index in [9.17, 15) is 9.59 Å². The zero-order chi connectivity index (χ0) is 29.6. The number of rotatable bonds is 8. The summed E-state index contributed by atoms with van der Waals surface area (Å²) in [5, 5.41) is 3.71. The van der Waals surface area contributed by atoms with Crippen LogP contribution in [0.2, 0.25) is 10.2 Å². The van der Waals surface area contributed by atoms with Crippen molar-refractivity contribution in [2.75, 3.05) is 31.9 Å². The number of carbonyl (C=O) groups is 2. The number of hydrogen-bond donors (Lipinski definition) is 3. The van der Waals surface area contributed by atoms with Gasteiger partial charge in [-0.2, -0.15) is 0 Å². The second-order valence-corrected chi connectivity index (χ2v) is 13.0. The number of amidine groups is 1. The smallest absolute Gasteiger partial charge is 0.271 e. The number of nitrogens with one attached hydrogen (secondary N) is 1. The number of benzene rings is 1. The zero-order valence-electron chi connectivity index (χ0n) is 23.8. The van der Waals surface area contributed by atoms with Gasteiger partial charge in [0.05, 0.1) is 12.6 Å². The number of nitrogens with two attached hydrogens (primary N) is 2. The maximum atomic E-state index is 13.5. The molecule has 5 N–H and O–H groups in total. The van der Waals surface area contributed by atoms with E-state index in [1.165, 1.54) is 18.9 Å². The van der Waals surface area contributed by atoms with Gasteiger partial charge < -0.3 is 26.3 Å². The van der Waals surface area contributed by atoms with E-state index in [-0.39, 0.29) is 46.8 Å². The molecule has 2 aromatic rings. The minimum Gasteiger partial charge on any atom is -0.398 e. The molecule has 2 amide bonds. The first kappa shape index (κ1) is 29.4. The molecule has 220 valence electrons. The van der Waals surface area contributed by atoms with Gasteiger partial charge in [0.15, 0.2) is 5.15 Å². The Morgan fingerprint density at radius 2 is 1.88 bits per heavy atom. The summed E-state index contributed by atoms with van der Waals surface area (Å²) in [6.07, 6.45) is 4.56. The van der Waals surface area contributed by atoms with Crippen LogP contribution in [-0.4, -0.2) is 75.3 Å². The van der Waals surface area contributed by atoms with Crippen molar-refractivity contribution in [1.29, 1.82) is 0 Å². The number of aliphatic imine (C=N–C) groups is 1. The van der Waals surface area contributed by atoms with Crippen LogP contribution in [0.3, 0.4) is 0 Å². The number of amides is 2. The van der Waals surface area contributed by atoms with E-state index in [1.54, 1.807) is 11.0 Å². The number of halogens is 2. The molecular weight excluding hydrogens is 563 g/mol. The third-order valence-corrected chi connectivity index (χ3v) is 8.67. The molecule has 10 nitrogen and oxygen atoms in total. The van der Waals surface area contributed by atoms with Crippen LogP contribution in [0.5, 0.6) is 0 Å². The van der Waals surface area contributed by atoms with Crippen LogP contribution in [-0.2, 0) is 16.8 Å². The topological polar surface area (TPSA) is 135 Å². The van der Waals surface area contributed by atoms with Gasteiger partial charge in [0.2, 0.25) is 5.91 Å². The molecule has 1 aliphatic carbocycles. The van der Waals surface area contributed by atoms with Crippen molar-refractivity contribution in [3.8, 4) is 0 Å². The van der Waals surface area contributed by atoms with E-state index < -0.39 is 0 Å². The maximum Gasteiger partial charge on any atom is 0.271 e. The molecule has 1 saturated carbocycles. The second kappa shape index (κ2) is 11.3. The van der Waals surface area contributed by atoms with E-state index in [0.717, 1.165) is 25.1 Å². The van der Waals surface area contributed by atoms with E-state index in [0.29, 0.717) is 46.9 Å². The maximum absolute atomic E-state index is 13.5. The lowest BCUT2D eigenvalue weighted by Gasteiger charge is -2.39. The summed E-state index contributed by atoms with van der Waals surface area (Å²) in [5.41, 5.74) is 14.8. The number of likely N-dealkylation sites (tertiary alicyclic amines) is 2. The normalized spacial score (nSPS) is 20.3. The highest BCUT2D eigenvalue weighted by atomic mass is 35.5. The quantitative estimate of drug-likeness (QED) is 0.184. The van der Waals surface area contributed by atoms with Crippen molar-refractivity contribution in [3.05, 3.63) is 57.6 Å². The molecule has 1 aromatic heterocycles. The molecule has 2 aliphatic heterocycles. The molecule has 12 heteroatoms. The molecule has 0 radical (unpaired) electrons. The molecular formula is C29H38Cl2N8O2. The van der Waals surface area contributed by atoms with E-state index in [1.807, 2.05) is 10.6 Å². The fraction of sp³-hybridized carbons (Fsp3) is 0.517. The van der Waals surface area contributed by atoms with Crippen molar-refractivity contribution in [3.63, 3.8) is 0 Å². The van der Waals surface area contributed by atoms with Crippen LogP contribution in [0.15, 0.2) is 29.8 Å². The van der Waals surface area contributed by atoms with E-state index in [2.05, 4.69) is 47.5 Å². The van der Waals surface area contributed by atoms with Crippen LogP contribution < -0.4 is 16.8 Å².